The van der Waals surface area contributed by atoms with Gasteiger partial charge in [0.05, 0.1) is 19.1 Å². The lowest BCUT2D eigenvalue weighted by Gasteiger charge is -2.20. The quantitative estimate of drug-likeness (QED) is 0.781. The number of esters is 1. The van der Waals surface area contributed by atoms with E-state index in [4.69, 9.17) is 14.2 Å². The molecule has 0 spiro atoms. The van der Waals surface area contributed by atoms with Crippen molar-refractivity contribution in [3.63, 3.8) is 0 Å². The number of ether oxygens (including phenoxy) is 3. The number of nitrogens with zero attached hydrogens (tertiary/aromatic N) is 1. The zero-order valence-corrected chi connectivity index (χ0v) is 13.6. The molecule has 5 atom stereocenters. The Morgan fingerprint density at radius 2 is 2.13 bits per heavy atom. The molecule has 1 aliphatic rings. The van der Waals surface area contributed by atoms with E-state index in [1.807, 2.05) is 6.92 Å². The third-order valence-corrected chi connectivity index (χ3v) is 4.29. The molecule has 128 valence electrons. The molecule has 0 aromatic carbocycles. The molecule has 1 saturated heterocycles. The molecule has 0 radical (unpaired) electrons. The first-order valence-corrected chi connectivity index (χ1v) is 7.46. The van der Waals surface area contributed by atoms with Gasteiger partial charge in [-0.1, -0.05) is 13.8 Å². The van der Waals surface area contributed by atoms with Crippen molar-refractivity contribution in [1.82, 2.24) is 9.55 Å². The topological polar surface area (TPSA) is 99.6 Å². The molecule has 8 heteroatoms. The molecule has 2 heterocycles. The third-order valence-electron chi connectivity index (χ3n) is 4.29. The van der Waals surface area contributed by atoms with E-state index >= 15 is 0 Å². The van der Waals surface area contributed by atoms with Crippen molar-refractivity contribution in [3.8, 4) is 0 Å². The highest BCUT2D eigenvalue weighted by atomic mass is 16.6. The van der Waals surface area contributed by atoms with Crippen LogP contribution in [0.4, 0.5) is 0 Å². The summed E-state index contributed by atoms with van der Waals surface area (Å²) < 4.78 is 17.5. The Kier molecular flexibility index (Phi) is 5.38. The van der Waals surface area contributed by atoms with Gasteiger partial charge in [-0.15, -0.1) is 0 Å². The average molecular weight is 326 g/mol. The van der Waals surface area contributed by atoms with E-state index in [2.05, 4.69) is 4.98 Å². The fourth-order valence-corrected chi connectivity index (χ4v) is 2.95. The van der Waals surface area contributed by atoms with Gasteiger partial charge >= 0.3 is 11.7 Å². The van der Waals surface area contributed by atoms with Gasteiger partial charge in [-0.05, 0) is 6.42 Å². The van der Waals surface area contributed by atoms with E-state index in [0.29, 0.717) is 6.42 Å². The molecule has 1 aromatic heterocycles. The van der Waals surface area contributed by atoms with E-state index in [-0.39, 0.29) is 30.0 Å². The first-order valence-electron chi connectivity index (χ1n) is 7.46. The second kappa shape index (κ2) is 7.10. The molecule has 2 rings (SSSR count). The minimum absolute atomic E-state index is 0.0315. The monoisotopic (exact) mass is 326 g/mol. The Balaban J connectivity index is 2.23. The molecule has 2 unspecified atom stereocenters. The number of aromatic amines is 1. The molecule has 0 aliphatic carbocycles. The van der Waals surface area contributed by atoms with E-state index in [9.17, 15) is 14.4 Å². The Morgan fingerprint density at radius 3 is 2.70 bits per heavy atom. The molecule has 0 bridgehead atoms. The number of aromatic nitrogens is 2. The van der Waals surface area contributed by atoms with Crippen molar-refractivity contribution in [2.24, 2.45) is 11.8 Å². The van der Waals surface area contributed by atoms with Crippen molar-refractivity contribution in [2.75, 3.05) is 14.2 Å². The van der Waals surface area contributed by atoms with Gasteiger partial charge in [0.1, 0.15) is 6.10 Å². The molecule has 0 amide bonds. The molecule has 23 heavy (non-hydrogen) atoms. The Hall–Kier alpha value is -1.93. The first-order chi connectivity index (χ1) is 10.9. The highest BCUT2D eigenvalue weighted by Gasteiger charge is 2.44. The predicted molar refractivity (Wildman–Crippen MR) is 81.0 cm³/mol. The SMILES string of the molecule is COC(=O)C(C)C[C@H]1O[C@@H](n2ccc(=O)[nH]c2=O)C(OC)[C@H]1C. The number of H-pyrrole nitrogens is 1. The summed E-state index contributed by atoms with van der Waals surface area (Å²) >= 11 is 0. The molecular weight excluding hydrogens is 304 g/mol. The van der Waals surface area contributed by atoms with Gasteiger partial charge in [0.2, 0.25) is 0 Å². The van der Waals surface area contributed by atoms with Gasteiger partial charge in [0.15, 0.2) is 6.23 Å². The summed E-state index contributed by atoms with van der Waals surface area (Å²) in [7, 11) is 2.89. The van der Waals surface area contributed by atoms with Gasteiger partial charge in [-0.3, -0.25) is 19.1 Å². The second-order valence-electron chi connectivity index (χ2n) is 5.80. The van der Waals surface area contributed by atoms with E-state index in [0.717, 1.165) is 0 Å². The number of carbonyl (C=O) groups is 1. The molecule has 0 saturated carbocycles. The van der Waals surface area contributed by atoms with Gasteiger partial charge in [-0.25, -0.2) is 4.79 Å². The Bertz CT molecular complexity index is 666. The van der Waals surface area contributed by atoms with Crippen LogP contribution in [0, 0.1) is 11.8 Å². The summed E-state index contributed by atoms with van der Waals surface area (Å²) in [6.45, 7) is 3.71. The summed E-state index contributed by atoms with van der Waals surface area (Å²) in [5.41, 5.74) is -1.03. The lowest BCUT2D eigenvalue weighted by molar-refractivity contribution is -0.146. The maximum atomic E-state index is 12.0. The molecule has 1 aliphatic heterocycles. The van der Waals surface area contributed by atoms with Crippen molar-refractivity contribution < 1.29 is 19.0 Å². The predicted octanol–water partition coefficient (Wildman–Crippen LogP) is 0.284. The van der Waals surface area contributed by atoms with E-state index in [1.165, 1.54) is 23.9 Å². The number of nitrogens with one attached hydrogen (secondary N) is 1. The zero-order valence-electron chi connectivity index (χ0n) is 13.6. The van der Waals surface area contributed by atoms with Crippen LogP contribution in [0.25, 0.3) is 0 Å². The molecular formula is C15H22N2O6. The summed E-state index contributed by atoms with van der Waals surface area (Å²) in [6, 6.07) is 1.26. The smallest absolute Gasteiger partial charge is 0.330 e. The molecule has 1 N–H and O–H groups in total. The summed E-state index contributed by atoms with van der Waals surface area (Å²) in [5.74, 6) is -0.661. The zero-order chi connectivity index (χ0) is 17.1. The van der Waals surface area contributed by atoms with Crippen LogP contribution in [0.5, 0.6) is 0 Å². The second-order valence-corrected chi connectivity index (χ2v) is 5.80. The summed E-state index contributed by atoms with van der Waals surface area (Å²) in [5, 5.41) is 0. The van der Waals surface area contributed by atoms with Gasteiger partial charge in [0, 0.05) is 25.3 Å². The fraction of sp³-hybridized carbons (Fsp3) is 0.667. The number of carbonyl (C=O) groups excluding carboxylic acids is 1. The molecule has 1 fully saturated rings. The number of rotatable bonds is 5. The molecule has 8 nitrogen and oxygen atoms in total. The average Bonchev–Trinajstić information content (AvgIpc) is 2.82. The standard InChI is InChI=1S/C15H22N2O6/c1-8(14(19)22-4)7-10-9(2)12(21-3)13(23-10)17-6-5-11(18)16-15(17)20/h5-6,8-10,12-13H,7H2,1-4H3,(H,16,18,20)/t8?,9-,10+,12?,13+/m0/s1. The van der Waals surface area contributed by atoms with Gasteiger partial charge in [-0.2, -0.15) is 0 Å². The summed E-state index contributed by atoms with van der Waals surface area (Å²) in [4.78, 5) is 37.0. The van der Waals surface area contributed by atoms with E-state index < -0.39 is 17.5 Å². The van der Waals surface area contributed by atoms with Gasteiger partial charge < -0.3 is 14.2 Å². The number of methoxy groups -OCH3 is 2. The van der Waals surface area contributed by atoms with Crippen LogP contribution in [-0.4, -0.2) is 41.9 Å². The Labute approximate surface area is 133 Å². The van der Waals surface area contributed by atoms with Crippen LogP contribution >= 0.6 is 0 Å². The van der Waals surface area contributed by atoms with Crippen molar-refractivity contribution in [1.29, 1.82) is 0 Å². The van der Waals surface area contributed by atoms with Crippen molar-refractivity contribution in [3.05, 3.63) is 33.1 Å². The third kappa shape index (κ3) is 3.53. The highest BCUT2D eigenvalue weighted by Crippen LogP contribution is 2.37. The minimum atomic E-state index is -0.658. The fourth-order valence-electron chi connectivity index (χ4n) is 2.95. The first kappa shape index (κ1) is 17.4. The van der Waals surface area contributed by atoms with Crippen LogP contribution in [0.2, 0.25) is 0 Å². The lowest BCUT2D eigenvalue weighted by Crippen LogP contribution is -2.36. The van der Waals surface area contributed by atoms with Crippen LogP contribution < -0.4 is 11.2 Å². The van der Waals surface area contributed by atoms with Gasteiger partial charge in [0.25, 0.3) is 5.56 Å². The maximum absolute atomic E-state index is 12.0. The number of hydrogen-bond donors (Lipinski definition) is 1. The highest BCUT2D eigenvalue weighted by molar-refractivity contribution is 5.71. The maximum Gasteiger partial charge on any atom is 0.330 e. The van der Waals surface area contributed by atoms with Crippen LogP contribution in [-0.2, 0) is 19.0 Å². The van der Waals surface area contributed by atoms with Crippen molar-refractivity contribution in [2.45, 2.75) is 38.7 Å². The van der Waals surface area contributed by atoms with Crippen LogP contribution in [0.15, 0.2) is 21.9 Å². The molecule has 1 aromatic rings. The van der Waals surface area contributed by atoms with Crippen LogP contribution in [0.1, 0.15) is 26.5 Å². The Morgan fingerprint density at radius 1 is 1.43 bits per heavy atom. The minimum Gasteiger partial charge on any atom is -0.469 e. The lowest BCUT2D eigenvalue weighted by atomic mass is 9.93. The van der Waals surface area contributed by atoms with Crippen LogP contribution in [0.3, 0.4) is 0 Å². The largest absolute Gasteiger partial charge is 0.469 e. The summed E-state index contributed by atoms with van der Waals surface area (Å²) in [6.07, 6.45) is 0.555. The number of hydrogen-bond acceptors (Lipinski definition) is 6. The van der Waals surface area contributed by atoms with E-state index in [1.54, 1.807) is 14.0 Å². The van der Waals surface area contributed by atoms with Crippen molar-refractivity contribution >= 4 is 5.97 Å². The normalized spacial score (nSPS) is 28.5.